The number of aromatic nitrogens is 2. The van der Waals surface area contributed by atoms with Gasteiger partial charge >= 0.3 is 12.0 Å². The zero-order valence-corrected chi connectivity index (χ0v) is 17.9. The second-order valence-electron chi connectivity index (χ2n) is 7.42. The molecule has 0 aliphatic carbocycles. The molecule has 1 aliphatic rings. The van der Waals surface area contributed by atoms with Crippen molar-refractivity contribution in [2.75, 3.05) is 26.3 Å². The van der Waals surface area contributed by atoms with E-state index in [1.807, 2.05) is 43.0 Å². The molecule has 1 saturated heterocycles. The smallest absolute Gasteiger partial charge is 0.344 e. The van der Waals surface area contributed by atoms with Crippen molar-refractivity contribution in [1.82, 2.24) is 20.4 Å². The van der Waals surface area contributed by atoms with E-state index in [9.17, 15) is 9.59 Å². The monoisotopic (exact) mass is 414 g/mol. The molecule has 0 spiro atoms. The van der Waals surface area contributed by atoms with Gasteiger partial charge in [0.25, 0.3) is 0 Å². The number of nitrogens with zero attached hydrogens (tertiary/aromatic N) is 2. The maximum absolute atomic E-state index is 12.7. The van der Waals surface area contributed by atoms with Crippen LogP contribution in [0.2, 0.25) is 0 Å². The molecule has 1 fully saturated rings. The summed E-state index contributed by atoms with van der Waals surface area (Å²) < 4.78 is 10.2. The predicted octanol–water partition coefficient (Wildman–Crippen LogP) is 3.06. The van der Waals surface area contributed by atoms with Gasteiger partial charge < -0.3 is 19.7 Å². The van der Waals surface area contributed by atoms with E-state index in [0.717, 1.165) is 41.9 Å². The normalized spacial score (nSPS) is 15.8. The number of hydrogen-bond acceptors (Lipinski definition) is 5. The van der Waals surface area contributed by atoms with Crippen molar-refractivity contribution in [2.45, 2.75) is 46.1 Å². The minimum atomic E-state index is -0.384. The Kier molecular flexibility index (Phi) is 7.32. The van der Waals surface area contributed by atoms with E-state index >= 15 is 0 Å². The van der Waals surface area contributed by atoms with Gasteiger partial charge in [-0.2, -0.15) is 5.10 Å². The van der Waals surface area contributed by atoms with E-state index in [1.54, 1.807) is 6.92 Å². The molecule has 2 heterocycles. The number of hydrogen-bond donors (Lipinski definition) is 2. The molecule has 3 rings (SSSR count). The summed E-state index contributed by atoms with van der Waals surface area (Å²) in [5.74, 6) is 0.229. The van der Waals surface area contributed by atoms with Crippen molar-refractivity contribution in [2.24, 2.45) is 0 Å². The minimum Gasteiger partial charge on any atom is -0.482 e. The molecule has 1 aliphatic heterocycles. The summed E-state index contributed by atoms with van der Waals surface area (Å²) in [6, 6.07) is 7.55. The number of rotatable bonds is 8. The Morgan fingerprint density at radius 1 is 1.27 bits per heavy atom. The fourth-order valence-corrected chi connectivity index (χ4v) is 3.87. The Labute approximate surface area is 176 Å². The van der Waals surface area contributed by atoms with Crippen LogP contribution in [0.3, 0.4) is 0 Å². The lowest BCUT2D eigenvalue weighted by atomic mass is 10.0. The highest BCUT2D eigenvalue weighted by molar-refractivity contribution is 5.75. The van der Waals surface area contributed by atoms with Crippen LogP contribution in [0.4, 0.5) is 4.79 Å². The second kappa shape index (κ2) is 10.1. The van der Waals surface area contributed by atoms with Crippen LogP contribution in [-0.2, 0) is 16.0 Å². The highest BCUT2D eigenvalue weighted by Gasteiger charge is 2.32. The van der Waals surface area contributed by atoms with E-state index in [-0.39, 0.29) is 24.6 Å². The Morgan fingerprint density at radius 2 is 2.03 bits per heavy atom. The van der Waals surface area contributed by atoms with Crippen molar-refractivity contribution in [1.29, 1.82) is 0 Å². The number of ether oxygens (including phenoxy) is 2. The molecule has 1 atom stereocenters. The predicted molar refractivity (Wildman–Crippen MR) is 112 cm³/mol. The van der Waals surface area contributed by atoms with Gasteiger partial charge in [-0.15, -0.1) is 0 Å². The summed E-state index contributed by atoms with van der Waals surface area (Å²) in [7, 11) is 0. The molecule has 1 aromatic heterocycles. The van der Waals surface area contributed by atoms with Gasteiger partial charge in [-0.1, -0.05) is 12.1 Å². The highest BCUT2D eigenvalue weighted by atomic mass is 16.6. The number of likely N-dealkylation sites (tertiary alicyclic amines) is 1. The van der Waals surface area contributed by atoms with Gasteiger partial charge in [0.15, 0.2) is 6.61 Å². The molecule has 1 unspecified atom stereocenters. The zero-order chi connectivity index (χ0) is 21.5. The Morgan fingerprint density at radius 3 is 2.70 bits per heavy atom. The van der Waals surface area contributed by atoms with Crippen molar-refractivity contribution in [3.8, 4) is 5.75 Å². The summed E-state index contributed by atoms with van der Waals surface area (Å²) in [4.78, 5) is 26.0. The second-order valence-corrected chi connectivity index (χ2v) is 7.42. The molecule has 0 radical (unpaired) electrons. The van der Waals surface area contributed by atoms with Crippen molar-refractivity contribution in [3.63, 3.8) is 0 Å². The molecule has 30 heavy (non-hydrogen) atoms. The van der Waals surface area contributed by atoms with Gasteiger partial charge in [-0.05, 0) is 57.7 Å². The van der Waals surface area contributed by atoms with Crippen LogP contribution in [0.5, 0.6) is 5.75 Å². The van der Waals surface area contributed by atoms with Gasteiger partial charge in [0.2, 0.25) is 0 Å². The van der Waals surface area contributed by atoms with Crippen LogP contribution in [0.1, 0.15) is 48.3 Å². The molecule has 2 aromatic rings. The van der Waals surface area contributed by atoms with Gasteiger partial charge in [0.1, 0.15) is 5.75 Å². The first-order valence-corrected chi connectivity index (χ1v) is 10.4. The third-order valence-electron chi connectivity index (χ3n) is 5.31. The SMILES string of the molecule is CCOC(=O)COc1ccc(CCNC(=O)N2CCCC2c2c(C)n[nH]c2C)cc1. The minimum absolute atomic E-state index is 0.0353. The summed E-state index contributed by atoms with van der Waals surface area (Å²) in [6.07, 6.45) is 2.67. The third kappa shape index (κ3) is 5.31. The fourth-order valence-electron chi connectivity index (χ4n) is 3.87. The number of nitrogens with one attached hydrogen (secondary N) is 2. The number of benzene rings is 1. The average Bonchev–Trinajstić information content (AvgIpc) is 3.33. The highest BCUT2D eigenvalue weighted by Crippen LogP contribution is 2.34. The van der Waals surface area contributed by atoms with Gasteiger partial charge in [0.05, 0.1) is 18.3 Å². The molecule has 8 nitrogen and oxygen atoms in total. The molecule has 0 saturated carbocycles. The van der Waals surface area contributed by atoms with Crippen LogP contribution >= 0.6 is 0 Å². The zero-order valence-electron chi connectivity index (χ0n) is 17.9. The van der Waals surface area contributed by atoms with Gasteiger partial charge in [-0.25, -0.2) is 9.59 Å². The number of amides is 2. The molecule has 162 valence electrons. The third-order valence-corrected chi connectivity index (χ3v) is 5.31. The van der Waals surface area contributed by atoms with Crippen molar-refractivity contribution in [3.05, 3.63) is 46.8 Å². The molecule has 0 bridgehead atoms. The summed E-state index contributed by atoms with van der Waals surface area (Å²) in [5.41, 5.74) is 4.21. The first-order chi connectivity index (χ1) is 14.5. The van der Waals surface area contributed by atoms with Crippen LogP contribution in [0, 0.1) is 13.8 Å². The lowest BCUT2D eigenvalue weighted by Crippen LogP contribution is -2.40. The Hall–Kier alpha value is -3.03. The number of urea groups is 1. The van der Waals surface area contributed by atoms with Crippen molar-refractivity contribution >= 4 is 12.0 Å². The number of carbonyl (C=O) groups excluding carboxylic acids is 2. The van der Waals surface area contributed by atoms with E-state index in [0.29, 0.717) is 25.3 Å². The van der Waals surface area contributed by atoms with E-state index in [4.69, 9.17) is 9.47 Å². The van der Waals surface area contributed by atoms with E-state index in [1.165, 1.54) is 0 Å². The first kappa shape index (κ1) is 21.7. The topological polar surface area (TPSA) is 96.5 Å². The number of esters is 1. The van der Waals surface area contributed by atoms with Crippen LogP contribution < -0.4 is 10.1 Å². The average molecular weight is 415 g/mol. The van der Waals surface area contributed by atoms with Gasteiger partial charge in [-0.3, -0.25) is 5.10 Å². The fraction of sp³-hybridized carbons (Fsp3) is 0.500. The first-order valence-electron chi connectivity index (χ1n) is 10.4. The van der Waals surface area contributed by atoms with E-state index < -0.39 is 0 Å². The van der Waals surface area contributed by atoms with Crippen LogP contribution in [0.25, 0.3) is 0 Å². The summed E-state index contributed by atoms with van der Waals surface area (Å²) in [5, 5.41) is 10.3. The molecular weight excluding hydrogens is 384 g/mol. The summed E-state index contributed by atoms with van der Waals surface area (Å²) >= 11 is 0. The molecule has 2 N–H and O–H groups in total. The Bertz CT molecular complexity index is 843. The quantitative estimate of drug-likeness (QED) is 0.647. The standard InChI is InChI=1S/C22H30N4O4/c1-4-29-20(27)14-30-18-9-7-17(8-10-18)11-12-23-22(28)26-13-5-6-19(26)21-15(2)24-25-16(21)3/h7-10,19H,4-6,11-14H2,1-3H3,(H,23,28)(H,24,25). The van der Waals surface area contributed by atoms with Crippen molar-refractivity contribution < 1.29 is 19.1 Å². The number of aryl methyl sites for hydroxylation is 2. The molecule has 8 heteroatoms. The van der Waals surface area contributed by atoms with Gasteiger partial charge in [0, 0.05) is 24.3 Å². The largest absolute Gasteiger partial charge is 0.482 e. The van der Waals surface area contributed by atoms with Crippen LogP contribution in [0.15, 0.2) is 24.3 Å². The maximum atomic E-state index is 12.7. The summed E-state index contributed by atoms with van der Waals surface area (Å²) in [6.45, 7) is 7.29. The number of carbonyl (C=O) groups is 2. The number of aromatic amines is 1. The maximum Gasteiger partial charge on any atom is 0.344 e. The number of H-pyrrole nitrogens is 1. The lowest BCUT2D eigenvalue weighted by Gasteiger charge is -2.25. The van der Waals surface area contributed by atoms with E-state index in [2.05, 4.69) is 15.5 Å². The van der Waals surface area contributed by atoms with Crippen LogP contribution in [-0.4, -0.2) is 53.4 Å². The molecule has 2 amide bonds. The lowest BCUT2D eigenvalue weighted by molar-refractivity contribution is -0.145. The molecule has 1 aromatic carbocycles. The Balaban J connectivity index is 1.46. The molecular formula is C22H30N4O4.